The molecule has 0 radical (unpaired) electrons. The number of rotatable bonds is 3. The number of carbonyl (C=O) groups is 1. The highest BCUT2D eigenvalue weighted by Gasteiger charge is 2.42. The van der Waals surface area contributed by atoms with Gasteiger partial charge in [0, 0.05) is 44.1 Å². The molecule has 1 saturated heterocycles. The Bertz CT molecular complexity index is 704. The summed E-state index contributed by atoms with van der Waals surface area (Å²) in [4.78, 5) is 13.2. The summed E-state index contributed by atoms with van der Waals surface area (Å²) in [6.45, 7) is 2.15. The molecule has 2 aliphatic heterocycles. The molecule has 0 unspecified atom stereocenters. The molecule has 3 heterocycles. The predicted molar refractivity (Wildman–Crippen MR) is 90.7 cm³/mol. The van der Waals surface area contributed by atoms with E-state index in [2.05, 4.69) is 22.5 Å². The first-order valence-electron chi connectivity index (χ1n) is 8.73. The van der Waals surface area contributed by atoms with Crippen molar-refractivity contribution in [2.24, 2.45) is 0 Å². The molecule has 126 valence electrons. The fraction of sp³-hybridized carbons (Fsp3) is 0.474. The predicted octanol–water partition coefficient (Wildman–Crippen LogP) is 2.06. The van der Waals surface area contributed by atoms with E-state index in [1.807, 2.05) is 35.1 Å². The molecule has 1 atom stereocenters. The summed E-state index contributed by atoms with van der Waals surface area (Å²) in [6.07, 6.45) is 5.11. The van der Waals surface area contributed by atoms with E-state index in [0.29, 0.717) is 13.2 Å². The third kappa shape index (κ3) is 2.73. The lowest BCUT2D eigenvalue weighted by Gasteiger charge is -2.38. The molecular formula is C19H23N3O2. The van der Waals surface area contributed by atoms with E-state index in [0.717, 1.165) is 37.8 Å². The van der Waals surface area contributed by atoms with E-state index in [4.69, 9.17) is 4.74 Å². The second-order valence-electron chi connectivity index (χ2n) is 6.77. The van der Waals surface area contributed by atoms with Crippen molar-refractivity contribution in [1.29, 1.82) is 0 Å². The Morgan fingerprint density at radius 2 is 2.00 bits per heavy atom. The molecule has 1 N–H and O–H groups in total. The summed E-state index contributed by atoms with van der Waals surface area (Å²) in [6, 6.07) is 12.4. The number of amides is 1. The van der Waals surface area contributed by atoms with E-state index < -0.39 is 5.41 Å². The number of nitrogens with one attached hydrogen (secondary N) is 1. The van der Waals surface area contributed by atoms with Crippen molar-refractivity contribution in [2.75, 3.05) is 13.2 Å². The van der Waals surface area contributed by atoms with Crippen molar-refractivity contribution >= 4 is 5.91 Å². The highest BCUT2D eigenvalue weighted by Crippen LogP contribution is 2.35. The quantitative estimate of drug-likeness (QED) is 0.940. The van der Waals surface area contributed by atoms with Crippen LogP contribution in [0.3, 0.4) is 0 Å². The van der Waals surface area contributed by atoms with Crippen molar-refractivity contribution < 1.29 is 9.53 Å². The lowest BCUT2D eigenvalue weighted by Crippen LogP contribution is -2.52. The fourth-order valence-electron chi connectivity index (χ4n) is 3.94. The van der Waals surface area contributed by atoms with E-state index >= 15 is 0 Å². The molecule has 2 aliphatic rings. The van der Waals surface area contributed by atoms with E-state index in [1.165, 1.54) is 5.69 Å². The summed E-state index contributed by atoms with van der Waals surface area (Å²) in [5.74, 6) is 0.148. The standard InChI is InChI=1S/C19H23N3O2/c23-18(21-16-7-11-22-17(14-16)6-10-20-22)19(8-12-24-13-9-19)15-4-2-1-3-5-15/h1-6,10,16H,7-9,11-14H2,(H,21,23)/t16-/m1/s1. The molecule has 0 spiro atoms. The second-order valence-corrected chi connectivity index (χ2v) is 6.77. The van der Waals surface area contributed by atoms with Crippen LogP contribution < -0.4 is 5.32 Å². The van der Waals surface area contributed by atoms with Gasteiger partial charge in [0.1, 0.15) is 0 Å². The molecular weight excluding hydrogens is 302 g/mol. The molecule has 1 fully saturated rings. The summed E-state index contributed by atoms with van der Waals surface area (Å²) >= 11 is 0. The van der Waals surface area contributed by atoms with Gasteiger partial charge in [-0.25, -0.2) is 0 Å². The van der Waals surface area contributed by atoms with Gasteiger partial charge in [0.2, 0.25) is 5.91 Å². The van der Waals surface area contributed by atoms with Gasteiger partial charge < -0.3 is 10.1 Å². The van der Waals surface area contributed by atoms with Crippen LogP contribution in [0.2, 0.25) is 0 Å². The summed E-state index contributed by atoms with van der Waals surface area (Å²) in [7, 11) is 0. The van der Waals surface area contributed by atoms with Crippen LogP contribution in [0.1, 0.15) is 30.5 Å². The van der Waals surface area contributed by atoms with Crippen LogP contribution in [0.4, 0.5) is 0 Å². The minimum absolute atomic E-state index is 0.148. The van der Waals surface area contributed by atoms with Crippen LogP contribution in [-0.2, 0) is 27.9 Å². The second kappa shape index (κ2) is 6.40. The average molecular weight is 325 g/mol. The Morgan fingerprint density at radius 3 is 2.79 bits per heavy atom. The number of nitrogens with zero attached hydrogens (tertiary/aromatic N) is 2. The van der Waals surface area contributed by atoms with Gasteiger partial charge in [-0.15, -0.1) is 0 Å². The first kappa shape index (κ1) is 15.4. The average Bonchev–Trinajstić information content (AvgIpc) is 3.11. The zero-order valence-corrected chi connectivity index (χ0v) is 13.8. The Morgan fingerprint density at radius 1 is 1.21 bits per heavy atom. The number of benzene rings is 1. The molecule has 4 rings (SSSR count). The van der Waals surface area contributed by atoms with Gasteiger partial charge in [0.15, 0.2) is 0 Å². The first-order valence-corrected chi connectivity index (χ1v) is 8.73. The van der Waals surface area contributed by atoms with Crippen LogP contribution in [0, 0.1) is 0 Å². The Kier molecular flexibility index (Phi) is 4.10. The molecule has 5 nitrogen and oxygen atoms in total. The minimum atomic E-state index is -0.461. The monoisotopic (exact) mass is 325 g/mol. The van der Waals surface area contributed by atoms with Gasteiger partial charge in [-0.1, -0.05) is 30.3 Å². The number of aromatic nitrogens is 2. The Hall–Kier alpha value is -2.14. The maximum absolute atomic E-state index is 13.2. The molecule has 1 aromatic carbocycles. The lowest BCUT2D eigenvalue weighted by atomic mass is 9.73. The normalized spacial score (nSPS) is 22.6. The van der Waals surface area contributed by atoms with E-state index in [-0.39, 0.29) is 11.9 Å². The number of ether oxygens (including phenoxy) is 1. The SMILES string of the molecule is O=C(N[C@@H]1CCn2nccc2C1)C1(c2ccccc2)CCOCC1. The fourth-order valence-corrected chi connectivity index (χ4v) is 3.94. The third-order valence-electron chi connectivity index (χ3n) is 5.39. The first-order chi connectivity index (χ1) is 11.8. The summed E-state index contributed by atoms with van der Waals surface area (Å²) < 4.78 is 7.56. The van der Waals surface area contributed by atoms with Crippen LogP contribution >= 0.6 is 0 Å². The van der Waals surface area contributed by atoms with Crippen molar-refractivity contribution in [1.82, 2.24) is 15.1 Å². The summed E-state index contributed by atoms with van der Waals surface area (Å²) in [5, 5.41) is 7.63. The smallest absolute Gasteiger partial charge is 0.231 e. The van der Waals surface area contributed by atoms with E-state index in [9.17, 15) is 4.79 Å². The molecule has 24 heavy (non-hydrogen) atoms. The number of aryl methyl sites for hydroxylation is 1. The largest absolute Gasteiger partial charge is 0.381 e. The van der Waals surface area contributed by atoms with Crippen molar-refractivity contribution in [3.05, 3.63) is 53.9 Å². The summed E-state index contributed by atoms with van der Waals surface area (Å²) in [5.41, 5.74) is 1.84. The minimum Gasteiger partial charge on any atom is -0.381 e. The van der Waals surface area contributed by atoms with Gasteiger partial charge in [-0.3, -0.25) is 9.48 Å². The molecule has 0 saturated carbocycles. The zero-order valence-electron chi connectivity index (χ0n) is 13.8. The zero-order chi connectivity index (χ0) is 16.4. The van der Waals surface area contributed by atoms with Crippen LogP contribution in [0.15, 0.2) is 42.6 Å². The van der Waals surface area contributed by atoms with Crippen molar-refractivity contribution in [3.8, 4) is 0 Å². The van der Waals surface area contributed by atoms with Crippen molar-refractivity contribution in [2.45, 2.75) is 43.7 Å². The number of carbonyl (C=O) groups excluding carboxylic acids is 1. The molecule has 1 amide bonds. The van der Waals surface area contributed by atoms with Gasteiger partial charge in [0.05, 0.1) is 5.41 Å². The van der Waals surface area contributed by atoms with Crippen LogP contribution in [-0.4, -0.2) is 34.9 Å². The highest BCUT2D eigenvalue weighted by atomic mass is 16.5. The van der Waals surface area contributed by atoms with Crippen LogP contribution in [0.5, 0.6) is 0 Å². The Labute approximate surface area is 142 Å². The number of hydrogen-bond donors (Lipinski definition) is 1. The number of fused-ring (bicyclic) bond motifs is 1. The highest BCUT2D eigenvalue weighted by molar-refractivity contribution is 5.88. The lowest BCUT2D eigenvalue weighted by molar-refractivity contribution is -0.131. The van der Waals surface area contributed by atoms with Gasteiger partial charge in [-0.2, -0.15) is 5.10 Å². The maximum Gasteiger partial charge on any atom is 0.231 e. The third-order valence-corrected chi connectivity index (χ3v) is 5.39. The molecule has 0 bridgehead atoms. The molecule has 1 aromatic heterocycles. The van der Waals surface area contributed by atoms with Gasteiger partial charge in [0.25, 0.3) is 0 Å². The molecule has 5 heteroatoms. The number of hydrogen-bond acceptors (Lipinski definition) is 3. The van der Waals surface area contributed by atoms with Crippen LogP contribution in [0.25, 0.3) is 0 Å². The Balaban J connectivity index is 1.54. The maximum atomic E-state index is 13.2. The molecule has 0 aliphatic carbocycles. The van der Waals surface area contributed by atoms with Gasteiger partial charge >= 0.3 is 0 Å². The van der Waals surface area contributed by atoms with E-state index in [1.54, 1.807) is 0 Å². The van der Waals surface area contributed by atoms with Gasteiger partial charge in [-0.05, 0) is 30.9 Å². The molecule has 2 aromatic rings. The topological polar surface area (TPSA) is 56.2 Å². The van der Waals surface area contributed by atoms with Crippen molar-refractivity contribution in [3.63, 3.8) is 0 Å².